The van der Waals surface area contributed by atoms with Gasteiger partial charge in [-0.15, -0.1) is 0 Å². The highest BCUT2D eigenvalue weighted by molar-refractivity contribution is 5.46. The molecule has 0 aliphatic heterocycles. The summed E-state index contributed by atoms with van der Waals surface area (Å²) in [6, 6.07) is 3.78. The Hall–Kier alpha value is -1.06. The summed E-state index contributed by atoms with van der Waals surface area (Å²) in [6.07, 6.45) is 0.277. The second kappa shape index (κ2) is 4.90. The van der Waals surface area contributed by atoms with Crippen LogP contribution >= 0.6 is 0 Å². The van der Waals surface area contributed by atoms with E-state index in [0.29, 0.717) is 6.42 Å². The van der Waals surface area contributed by atoms with Gasteiger partial charge in [0.25, 0.3) is 0 Å². The molecule has 100 valence electrons. The number of aliphatic hydroxyl groups is 2. The van der Waals surface area contributed by atoms with Crippen molar-refractivity contribution in [1.29, 1.82) is 0 Å². The molecule has 3 N–H and O–H groups in total. The van der Waals surface area contributed by atoms with Crippen LogP contribution < -0.4 is 0 Å². The van der Waals surface area contributed by atoms with Gasteiger partial charge in [0.05, 0.1) is 6.10 Å². The van der Waals surface area contributed by atoms with E-state index in [-0.39, 0.29) is 30.1 Å². The molecule has 1 aliphatic rings. The van der Waals surface area contributed by atoms with Gasteiger partial charge < -0.3 is 15.3 Å². The van der Waals surface area contributed by atoms with Crippen LogP contribution in [-0.4, -0.2) is 28.0 Å². The molecule has 4 atom stereocenters. The lowest BCUT2D eigenvalue weighted by Crippen LogP contribution is -2.30. The third-order valence-electron chi connectivity index (χ3n) is 4.34. The van der Waals surface area contributed by atoms with Gasteiger partial charge in [-0.05, 0) is 47.9 Å². The molecule has 1 aromatic rings. The van der Waals surface area contributed by atoms with Crippen LogP contribution in [-0.2, 0) is 0 Å². The zero-order valence-corrected chi connectivity index (χ0v) is 11.2. The molecule has 1 aliphatic carbocycles. The minimum absolute atomic E-state index is 0.0358. The molecule has 3 nitrogen and oxygen atoms in total. The highest BCUT2D eigenvalue weighted by Crippen LogP contribution is 2.44. The number of hydrogen-bond donors (Lipinski definition) is 3. The Kier molecular flexibility index (Phi) is 3.64. The van der Waals surface area contributed by atoms with Crippen molar-refractivity contribution in [3.05, 3.63) is 28.8 Å². The number of phenolic OH excluding ortho intramolecular Hbond substituents is 1. The maximum absolute atomic E-state index is 10.1. The normalized spacial score (nSPS) is 28.8. The van der Waals surface area contributed by atoms with Crippen molar-refractivity contribution < 1.29 is 15.3 Å². The summed E-state index contributed by atoms with van der Waals surface area (Å²) < 4.78 is 0. The lowest BCUT2D eigenvalue weighted by Gasteiger charge is -2.36. The van der Waals surface area contributed by atoms with E-state index in [9.17, 15) is 15.3 Å². The van der Waals surface area contributed by atoms with Crippen LogP contribution in [0.5, 0.6) is 5.75 Å². The van der Waals surface area contributed by atoms with E-state index >= 15 is 0 Å². The standard InChI is InChI=1S/C15H22O3/c1-8-4-13-11(9(2)7-16)5-15(18)10(3)12(13)6-14(8)17/h4,6,9-11,15-18H,5,7H2,1-3H3. The molecule has 18 heavy (non-hydrogen) atoms. The first-order valence-electron chi connectivity index (χ1n) is 6.58. The van der Waals surface area contributed by atoms with Gasteiger partial charge in [0, 0.05) is 12.5 Å². The van der Waals surface area contributed by atoms with Crippen molar-refractivity contribution in [1.82, 2.24) is 0 Å². The van der Waals surface area contributed by atoms with Crippen molar-refractivity contribution in [2.24, 2.45) is 5.92 Å². The summed E-state index contributed by atoms with van der Waals surface area (Å²) in [5.41, 5.74) is 3.04. The molecule has 1 aromatic carbocycles. The average molecular weight is 250 g/mol. The molecule has 0 heterocycles. The monoisotopic (exact) mass is 250 g/mol. The summed E-state index contributed by atoms with van der Waals surface area (Å²) in [5, 5.41) is 29.3. The summed E-state index contributed by atoms with van der Waals surface area (Å²) in [6.45, 7) is 5.98. The van der Waals surface area contributed by atoms with Gasteiger partial charge in [0.2, 0.25) is 0 Å². The minimum Gasteiger partial charge on any atom is -0.508 e. The first-order valence-corrected chi connectivity index (χ1v) is 6.58. The van der Waals surface area contributed by atoms with Crippen LogP contribution in [0.4, 0.5) is 0 Å². The van der Waals surface area contributed by atoms with E-state index in [0.717, 1.165) is 11.1 Å². The summed E-state index contributed by atoms with van der Waals surface area (Å²) in [5.74, 6) is 0.601. The molecule has 0 fully saturated rings. The highest BCUT2D eigenvalue weighted by atomic mass is 16.3. The van der Waals surface area contributed by atoms with Crippen LogP contribution in [0.15, 0.2) is 12.1 Å². The van der Waals surface area contributed by atoms with E-state index in [4.69, 9.17) is 0 Å². The van der Waals surface area contributed by atoms with Gasteiger partial charge in [0.15, 0.2) is 0 Å². The Morgan fingerprint density at radius 1 is 1.33 bits per heavy atom. The molecule has 0 saturated carbocycles. The number of phenols is 1. The van der Waals surface area contributed by atoms with Gasteiger partial charge in [-0.25, -0.2) is 0 Å². The fourth-order valence-corrected chi connectivity index (χ4v) is 2.92. The number of aromatic hydroxyl groups is 1. The predicted octanol–water partition coefficient (Wildman–Crippen LogP) is 2.28. The molecule has 0 saturated heterocycles. The molecule has 4 unspecified atom stereocenters. The predicted molar refractivity (Wildman–Crippen MR) is 70.9 cm³/mol. The third kappa shape index (κ3) is 2.13. The summed E-state index contributed by atoms with van der Waals surface area (Å²) in [7, 11) is 0. The molecular formula is C15H22O3. The molecule has 0 radical (unpaired) electrons. The Morgan fingerprint density at radius 3 is 2.61 bits per heavy atom. The summed E-state index contributed by atoms with van der Waals surface area (Å²) in [4.78, 5) is 0. The number of benzene rings is 1. The van der Waals surface area contributed by atoms with Gasteiger partial charge in [-0.1, -0.05) is 19.9 Å². The Labute approximate surface area is 108 Å². The van der Waals surface area contributed by atoms with Crippen LogP contribution in [0, 0.1) is 12.8 Å². The van der Waals surface area contributed by atoms with Crippen LogP contribution in [0.1, 0.15) is 48.8 Å². The second-order valence-electron chi connectivity index (χ2n) is 5.63. The van der Waals surface area contributed by atoms with Crippen LogP contribution in [0.25, 0.3) is 0 Å². The topological polar surface area (TPSA) is 60.7 Å². The zero-order chi connectivity index (χ0) is 13.4. The van der Waals surface area contributed by atoms with E-state index in [1.807, 2.05) is 26.8 Å². The smallest absolute Gasteiger partial charge is 0.118 e. The van der Waals surface area contributed by atoms with Gasteiger partial charge >= 0.3 is 0 Å². The number of fused-ring (bicyclic) bond motifs is 1. The molecule has 0 amide bonds. The maximum Gasteiger partial charge on any atom is 0.118 e. The van der Waals surface area contributed by atoms with Crippen molar-refractivity contribution in [3.63, 3.8) is 0 Å². The fourth-order valence-electron chi connectivity index (χ4n) is 2.92. The lowest BCUT2D eigenvalue weighted by molar-refractivity contribution is 0.100. The van der Waals surface area contributed by atoms with Crippen LogP contribution in [0.3, 0.4) is 0 Å². The van der Waals surface area contributed by atoms with Crippen molar-refractivity contribution >= 4 is 0 Å². The quantitative estimate of drug-likeness (QED) is 0.754. The number of hydrogen-bond acceptors (Lipinski definition) is 3. The summed E-state index contributed by atoms with van der Waals surface area (Å²) >= 11 is 0. The Morgan fingerprint density at radius 2 is 2.00 bits per heavy atom. The van der Waals surface area contributed by atoms with Gasteiger partial charge in [-0.3, -0.25) is 0 Å². The molecule has 0 bridgehead atoms. The zero-order valence-electron chi connectivity index (χ0n) is 11.2. The number of aliphatic hydroxyl groups excluding tert-OH is 2. The average Bonchev–Trinajstić information content (AvgIpc) is 2.35. The molecular weight excluding hydrogens is 228 g/mol. The van der Waals surface area contributed by atoms with Crippen molar-refractivity contribution in [2.75, 3.05) is 6.61 Å². The van der Waals surface area contributed by atoms with Gasteiger partial charge in [-0.2, -0.15) is 0 Å². The van der Waals surface area contributed by atoms with Gasteiger partial charge in [0.1, 0.15) is 5.75 Å². The maximum atomic E-state index is 10.1. The van der Waals surface area contributed by atoms with Crippen LogP contribution in [0.2, 0.25) is 0 Å². The Balaban J connectivity index is 2.52. The lowest BCUT2D eigenvalue weighted by atomic mass is 9.71. The molecule has 0 aromatic heterocycles. The first-order chi connectivity index (χ1) is 8.45. The Bertz CT molecular complexity index is 442. The van der Waals surface area contributed by atoms with E-state index in [2.05, 4.69) is 0 Å². The molecule has 0 spiro atoms. The third-order valence-corrected chi connectivity index (χ3v) is 4.34. The van der Waals surface area contributed by atoms with E-state index in [1.54, 1.807) is 6.07 Å². The largest absolute Gasteiger partial charge is 0.508 e. The van der Waals surface area contributed by atoms with Crippen molar-refractivity contribution in [3.8, 4) is 5.75 Å². The van der Waals surface area contributed by atoms with E-state index < -0.39 is 6.10 Å². The first kappa shape index (κ1) is 13.4. The highest BCUT2D eigenvalue weighted by Gasteiger charge is 2.34. The van der Waals surface area contributed by atoms with E-state index in [1.165, 1.54) is 5.56 Å². The number of rotatable bonds is 2. The fraction of sp³-hybridized carbons (Fsp3) is 0.600. The SMILES string of the molecule is Cc1cc2c(cc1O)C(C)C(O)CC2C(C)CO. The number of aryl methyl sites for hydroxylation is 1. The minimum atomic E-state index is -0.404. The van der Waals surface area contributed by atoms with Crippen molar-refractivity contribution in [2.45, 2.75) is 45.1 Å². The molecule has 3 heteroatoms. The second-order valence-corrected chi connectivity index (χ2v) is 5.63. The molecule has 2 rings (SSSR count).